The van der Waals surface area contributed by atoms with E-state index in [4.69, 9.17) is 0 Å². The number of piperidine rings is 1. The summed E-state index contributed by atoms with van der Waals surface area (Å²) in [7, 11) is 2.18. The number of nitrogens with zero attached hydrogens (tertiary/aromatic N) is 4. The summed E-state index contributed by atoms with van der Waals surface area (Å²) in [5.74, 6) is 1.80. The van der Waals surface area contributed by atoms with Gasteiger partial charge in [-0.1, -0.05) is 24.3 Å². The molecule has 0 bridgehead atoms. The van der Waals surface area contributed by atoms with E-state index >= 15 is 0 Å². The maximum Gasteiger partial charge on any atom is 0.223 e. The van der Waals surface area contributed by atoms with Crippen LogP contribution in [0, 0.1) is 5.92 Å². The zero-order valence-electron chi connectivity index (χ0n) is 20.6. The summed E-state index contributed by atoms with van der Waals surface area (Å²) in [6.07, 6.45) is 9.32. The van der Waals surface area contributed by atoms with Gasteiger partial charge < -0.3 is 15.1 Å². The van der Waals surface area contributed by atoms with E-state index in [0.29, 0.717) is 36.9 Å². The number of likely N-dealkylation sites (tertiary alicyclic amines) is 1. The van der Waals surface area contributed by atoms with Crippen LogP contribution in [0.2, 0.25) is 0 Å². The third-order valence-electron chi connectivity index (χ3n) is 7.78. The van der Waals surface area contributed by atoms with Crippen LogP contribution in [-0.2, 0) is 11.3 Å². The molecule has 1 saturated heterocycles. The molecule has 3 aliphatic rings. The van der Waals surface area contributed by atoms with E-state index in [9.17, 15) is 4.79 Å². The minimum absolute atomic E-state index is 0.339. The molecule has 0 unspecified atom stereocenters. The van der Waals surface area contributed by atoms with E-state index in [2.05, 4.69) is 74.6 Å². The molecule has 1 amide bonds. The molecule has 0 spiro atoms. The van der Waals surface area contributed by atoms with Crippen molar-refractivity contribution in [3.05, 3.63) is 54.4 Å². The molecule has 2 heterocycles. The number of carbonyl (C=O) groups excluding carboxylic acids is 1. The molecular formula is C29H35N5O. The molecule has 1 aromatic heterocycles. The van der Waals surface area contributed by atoms with Gasteiger partial charge in [-0.2, -0.15) is 0 Å². The highest BCUT2D eigenvalue weighted by Crippen LogP contribution is 2.33. The van der Waals surface area contributed by atoms with Crippen LogP contribution in [0.4, 0.5) is 5.82 Å². The highest BCUT2D eigenvalue weighted by Gasteiger charge is 2.33. The summed E-state index contributed by atoms with van der Waals surface area (Å²) in [5.41, 5.74) is 4.49. The molecular weight excluding hydrogens is 434 g/mol. The standard InChI is InChI=1S/C29H35N5O/c1-33-13-11-20(12-14-33)16-28(35)34(25-8-9-25)18-21-3-2-4-22(15-21)23-5-10-27-26(17-23)29(31-19-30-27)32-24-6-7-24/h2-5,10,15,17,19-20,24-25H,6-9,11-14,16,18H2,1H3,(H,30,31,32). The Morgan fingerprint density at radius 3 is 2.57 bits per heavy atom. The van der Waals surface area contributed by atoms with Crippen LogP contribution in [0.1, 0.15) is 50.5 Å². The molecule has 1 N–H and O–H groups in total. The SMILES string of the molecule is CN1CCC(CC(=O)N(Cc2cccc(-c3ccc4ncnc(NC5CC5)c4c3)c2)C2CC2)CC1. The van der Waals surface area contributed by atoms with Crippen molar-refractivity contribution in [1.29, 1.82) is 0 Å². The van der Waals surface area contributed by atoms with Crippen molar-refractivity contribution < 1.29 is 4.79 Å². The highest BCUT2D eigenvalue weighted by atomic mass is 16.2. The van der Waals surface area contributed by atoms with Gasteiger partial charge in [0.15, 0.2) is 0 Å². The minimum Gasteiger partial charge on any atom is -0.367 e. The van der Waals surface area contributed by atoms with Gasteiger partial charge in [-0.25, -0.2) is 9.97 Å². The normalized spacial score (nSPS) is 19.1. The molecule has 1 aliphatic heterocycles. The van der Waals surface area contributed by atoms with E-state index in [1.165, 1.54) is 24.0 Å². The zero-order chi connectivity index (χ0) is 23.8. The fourth-order valence-electron chi connectivity index (χ4n) is 5.26. The lowest BCUT2D eigenvalue weighted by Gasteiger charge is -2.31. The summed E-state index contributed by atoms with van der Waals surface area (Å²) in [6.45, 7) is 2.92. The van der Waals surface area contributed by atoms with Crippen LogP contribution in [0.15, 0.2) is 48.8 Å². The molecule has 2 saturated carbocycles. The smallest absolute Gasteiger partial charge is 0.223 e. The van der Waals surface area contributed by atoms with Crippen molar-refractivity contribution in [2.75, 3.05) is 25.5 Å². The van der Waals surface area contributed by atoms with Crippen LogP contribution in [0.25, 0.3) is 22.0 Å². The summed E-state index contributed by atoms with van der Waals surface area (Å²) >= 11 is 0. The Morgan fingerprint density at radius 1 is 1.00 bits per heavy atom. The monoisotopic (exact) mass is 469 g/mol. The summed E-state index contributed by atoms with van der Waals surface area (Å²) < 4.78 is 0. The van der Waals surface area contributed by atoms with Crippen LogP contribution in [0.5, 0.6) is 0 Å². The number of rotatable bonds is 8. The van der Waals surface area contributed by atoms with Crippen LogP contribution < -0.4 is 5.32 Å². The average molecular weight is 470 g/mol. The van der Waals surface area contributed by atoms with Crippen molar-refractivity contribution in [2.45, 2.75) is 63.6 Å². The van der Waals surface area contributed by atoms with Crippen molar-refractivity contribution in [2.24, 2.45) is 5.92 Å². The average Bonchev–Trinajstić information content (AvgIpc) is 3.80. The van der Waals surface area contributed by atoms with Gasteiger partial charge >= 0.3 is 0 Å². The predicted octanol–water partition coefficient (Wildman–Crippen LogP) is 5.09. The van der Waals surface area contributed by atoms with Crippen molar-refractivity contribution in [3.63, 3.8) is 0 Å². The van der Waals surface area contributed by atoms with E-state index in [1.54, 1.807) is 6.33 Å². The van der Waals surface area contributed by atoms with Gasteiger partial charge in [0.2, 0.25) is 5.91 Å². The molecule has 3 aromatic rings. The summed E-state index contributed by atoms with van der Waals surface area (Å²) in [4.78, 5) is 26.8. The van der Waals surface area contributed by atoms with Crippen LogP contribution >= 0.6 is 0 Å². The lowest BCUT2D eigenvalue weighted by Crippen LogP contribution is -2.36. The minimum atomic E-state index is 0.339. The van der Waals surface area contributed by atoms with Gasteiger partial charge in [-0.05, 0) is 99.5 Å². The number of hydrogen-bond acceptors (Lipinski definition) is 5. The highest BCUT2D eigenvalue weighted by molar-refractivity contribution is 5.92. The van der Waals surface area contributed by atoms with E-state index in [1.807, 2.05) is 0 Å². The number of aromatic nitrogens is 2. The fourth-order valence-corrected chi connectivity index (χ4v) is 5.26. The number of amides is 1. The Kier molecular flexibility index (Phi) is 6.15. The lowest BCUT2D eigenvalue weighted by molar-refractivity contribution is -0.133. The Hall–Kier alpha value is -2.99. The van der Waals surface area contributed by atoms with Crippen molar-refractivity contribution >= 4 is 22.6 Å². The van der Waals surface area contributed by atoms with Gasteiger partial charge in [0.25, 0.3) is 0 Å². The van der Waals surface area contributed by atoms with Gasteiger partial charge in [0, 0.05) is 30.4 Å². The zero-order valence-corrected chi connectivity index (χ0v) is 20.6. The molecule has 6 rings (SSSR count). The second-order valence-electron chi connectivity index (χ2n) is 10.8. The number of nitrogens with one attached hydrogen (secondary N) is 1. The first-order valence-electron chi connectivity index (χ1n) is 13.2. The first-order chi connectivity index (χ1) is 17.1. The Balaban J connectivity index is 1.20. The number of anilines is 1. The molecule has 6 nitrogen and oxygen atoms in total. The molecule has 0 radical (unpaired) electrons. The largest absolute Gasteiger partial charge is 0.367 e. The molecule has 6 heteroatoms. The van der Waals surface area contributed by atoms with E-state index < -0.39 is 0 Å². The molecule has 0 atom stereocenters. The van der Waals surface area contributed by atoms with Gasteiger partial charge in [0.1, 0.15) is 12.1 Å². The molecule has 2 aliphatic carbocycles. The number of benzene rings is 2. The van der Waals surface area contributed by atoms with Gasteiger partial charge in [0.05, 0.1) is 5.52 Å². The number of carbonyl (C=O) groups is 1. The second kappa shape index (κ2) is 9.57. The second-order valence-corrected chi connectivity index (χ2v) is 10.8. The van der Waals surface area contributed by atoms with Crippen LogP contribution in [0.3, 0.4) is 0 Å². The van der Waals surface area contributed by atoms with Crippen molar-refractivity contribution in [3.8, 4) is 11.1 Å². The van der Waals surface area contributed by atoms with Crippen molar-refractivity contribution in [1.82, 2.24) is 19.8 Å². The van der Waals surface area contributed by atoms with Gasteiger partial charge in [-0.3, -0.25) is 4.79 Å². The van der Waals surface area contributed by atoms with E-state index in [0.717, 1.165) is 61.1 Å². The topological polar surface area (TPSA) is 61.4 Å². The maximum atomic E-state index is 13.3. The molecule has 2 aromatic carbocycles. The number of hydrogen-bond donors (Lipinski definition) is 1. The first kappa shape index (κ1) is 22.5. The molecule has 182 valence electrons. The Bertz CT molecular complexity index is 1210. The maximum absolute atomic E-state index is 13.3. The summed E-state index contributed by atoms with van der Waals surface area (Å²) in [6, 6.07) is 16.1. The van der Waals surface area contributed by atoms with E-state index in [-0.39, 0.29) is 0 Å². The molecule has 35 heavy (non-hydrogen) atoms. The first-order valence-corrected chi connectivity index (χ1v) is 13.2. The third kappa shape index (κ3) is 5.32. The summed E-state index contributed by atoms with van der Waals surface area (Å²) in [5, 5.41) is 4.61. The van der Waals surface area contributed by atoms with Gasteiger partial charge in [-0.15, -0.1) is 0 Å². The fraction of sp³-hybridized carbons (Fsp3) is 0.483. The lowest BCUT2D eigenvalue weighted by atomic mass is 9.93. The third-order valence-corrected chi connectivity index (χ3v) is 7.78. The quantitative estimate of drug-likeness (QED) is 0.498. The number of fused-ring (bicyclic) bond motifs is 1. The predicted molar refractivity (Wildman–Crippen MR) is 140 cm³/mol. The Labute approximate surface area is 207 Å². The molecule has 3 fully saturated rings. The Morgan fingerprint density at radius 2 is 1.80 bits per heavy atom. The van der Waals surface area contributed by atoms with Crippen LogP contribution in [-0.4, -0.2) is 57.9 Å².